The van der Waals surface area contributed by atoms with E-state index < -0.39 is 0 Å². The lowest BCUT2D eigenvalue weighted by Gasteiger charge is -2.32. The van der Waals surface area contributed by atoms with Gasteiger partial charge in [0.25, 0.3) is 0 Å². The number of hydrogen-bond acceptors (Lipinski definition) is 3. The average molecular weight is 292 g/mol. The van der Waals surface area contributed by atoms with Crippen molar-refractivity contribution in [2.75, 3.05) is 12.0 Å². The Morgan fingerprint density at radius 3 is 2.55 bits per heavy atom. The lowest BCUT2D eigenvalue weighted by molar-refractivity contribution is -0.131. The van der Waals surface area contributed by atoms with Crippen LogP contribution in [0.2, 0.25) is 0 Å². The summed E-state index contributed by atoms with van der Waals surface area (Å²) in [5, 5.41) is 3.43. The molecule has 1 N–H and O–H groups in total. The van der Waals surface area contributed by atoms with E-state index in [-0.39, 0.29) is 18.1 Å². The number of aryl methyl sites for hydroxylation is 1. The molecule has 1 heterocycles. The summed E-state index contributed by atoms with van der Waals surface area (Å²) in [5.74, 6) is 1.20. The van der Waals surface area contributed by atoms with E-state index in [1.807, 2.05) is 11.8 Å². The van der Waals surface area contributed by atoms with E-state index in [1.54, 1.807) is 11.8 Å². The Labute approximate surface area is 126 Å². The first-order valence-corrected chi connectivity index (χ1v) is 8.61. The maximum atomic E-state index is 12.5. The minimum Gasteiger partial charge on any atom is -0.318 e. The van der Waals surface area contributed by atoms with Crippen molar-refractivity contribution in [1.29, 1.82) is 0 Å². The van der Waals surface area contributed by atoms with Crippen molar-refractivity contribution in [3.05, 3.63) is 35.4 Å². The van der Waals surface area contributed by atoms with Crippen LogP contribution < -0.4 is 5.32 Å². The van der Waals surface area contributed by atoms with E-state index in [4.69, 9.17) is 0 Å². The second-order valence-electron chi connectivity index (χ2n) is 5.46. The predicted octanol–water partition coefficient (Wildman–Crippen LogP) is 2.96. The van der Waals surface area contributed by atoms with Crippen LogP contribution in [0.3, 0.4) is 0 Å². The first-order chi connectivity index (χ1) is 9.58. The zero-order valence-electron chi connectivity index (χ0n) is 12.7. The molecule has 1 aromatic carbocycles. The molecule has 20 heavy (non-hydrogen) atoms. The molecule has 1 amide bonds. The average Bonchev–Trinajstić information content (AvgIpc) is 2.73. The normalized spacial score (nSPS) is 24.2. The molecule has 4 heteroatoms. The maximum absolute atomic E-state index is 12.5. The van der Waals surface area contributed by atoms with Gasteiger partial charge in [0, 0.05) is 11.8 Å². The summed E-state index contributed by atoms with van der Waals surface area (Å²) in [7, 11) is 0. The van der Waals surface area contributed by atoms with Crippen molar-refractivity contribution in [2.45, 2.75) is 45.4 Å². The van der Waals surface area contributed by atoms with Crippen molar-refractivity contribution in [1.82, 2.24) is 10.2 Å². The summed E-state index contributed by atoms with van der Waals surface area (Å²) >= 11 is 1.80. The standard InChI is InChI=1S/C16H24N2OS/c1-5-14(10-20-4)18-15(17-12(3)16(18)19)13-8-6-11(2)7-9-13/h6-9,12,14-15,17H,5,10H2,1-4H3. The number of thioether (sulfide) groups is 1. The van der Waals surface area contributed by atoms with Crippen LogP contribution in [0.4, 0.5) is 0 Å². The van der Waals surface area contributed by atoms with Crippen LogP contribution in [-0.4, -0.2) is 34.9 Å². The van der Waals surface area contributed by atoms with Gasteiger partial charge in [-0.25, -0.2) is 0 Å². The molecule has 1 fully saturated rings. The van der Waals surface area contributed by atoms with E-state index in [9.17, 15) is 4.79 Å². The second-order valence-corrected chi connectivity index (χ2v) is 6.38. The van der Waals surface area contributed by atoms with Crippen LogP contribution in [-0.2, 0) is 4.79 Å². The molecule has 3 nitrogen and oxygen atoms in total. The van der Waals surface area contributed by atoms with Gasteiger partial charge in [0.2, 0.25) is 5.91 Å². The highest BCUT2D eigenvalue weighted by Crippen LogP contribution is 2.29. The summed E-state index contributed by atoms with van der Waals surface area (Å²) in [6, 6.07) is 8.66. The Morgan fingerprint density at radius 1 is 1.35 bits per heavy atom. The zero-order chi connectivity index (χ0) is 14.7. The van der Waals surface area contributed by atoms with E-state index in [1.165, 1.54) is 11.1 Å². The largest absolute Gasteiger partial charge is 0.318 e. The molecule has 3 unspecified atom stereocenters. The summed E-state index contributed by atoms with van der Waals surface area (Å²) in [6.45, 7) is 6.19. The van der Waals surface area contributed by atoms with Crippen LogP contribution in [0.25, 0.3) is 0 Å². The molecule has 3 atom stereocenters. The van der Waals surface area contributed by atoms with E-state index in [2.05, 4.69) is 49.7 Å². The van der Waals surface area contributed by atoms with Crippen LogP contribution in [0.5, 0.6) is 0 Å². The SMILES string of the molecule is CCC(CSC)N1C(=O)C(C)NC1c1ccc(C)cc1. The Morgan fingerprint density at radius 2 is 2.00 bits per heavy atom. The monoisotopic (exact) mass is 292 g/mol. The van der Waals surface area contributed by atoms with Gasteiger partial charge in [0.05, 0.1) is 6.04 Å². The number of hydrogen-bond donors (Lipinski definition) is 1. The third-order valence-electron chi connectivity index (χ3n) is 3.93. The van der Waals surface area contributed by atoms with Crippen molar-refractivity contribution in [2.24, 2.45) is 0 Å². The van der Waals surface area contributed by atoms with E-state index in [0.29, 0.717) is 6.04 Å². The third-order valence-corrected chi connectivity index (χ3v) is 4.65. The fourth-order valence-corrected chi connectivity index (χ4v) is 3.50. The minimum atomic E-state index is -0.0998. The molecule has 0 aliphatic carbocycles. The van der Waals surface area contributed by atoms with Crippen LogP contribution in [0, 0.1) is 6.92 Å². The van der Waals surface area contributed by atoms with Crippen LogP contribution >= 0.6 is 11.8 Å². The Hall–Kier alpha value is -1.00. The van der Waals surface area contributed by atoms with E-state index >= 15 is 0 Å². The third kappa shape index (κ3) is 3.01. The number of rotatable bonds is 5. The summed E-state index contributed by atoms with van der Waals surface area (Å²) in [4.78, 5) is 14.5. The lowest BCUT2D eigenvalue weighted by Crippen LogP contribution is -2.41. The molecule has 0 aromatic heterocycles. The molecule has 0 bridgehead atoms. The second kappa shape index (κ2) is 6.64. The molecule has 0 saturated carbocycles. The quantitative estimate of drug-likeness (QED) is 0.905. The number of carbonyl (C=O) groups is 1. The molecule has 1 aliphatic heterocycles. The number of carbonyl (C=O) groups excluding carboxylic acids is 1. The van der Waals surface area contributed by atoms with Gasteiger partial charge < -0.3 is 4.90 Å². The van der Waals surface area contributed by atoms with Crippen molar-refractivity contribution in [3.8, 4) is 0 Å². The van der Waals surface area contributed by atoms with Crippen LogP contribution in [0.1, 0.15) is 37.6 Å². The number of nitrogens with one attached hydrogen (secondary N) is 1. The Kier molecular flexibility index (Phi) is 5.11. The number of amides is 1. The first-order valence-electron chi connectivity index (χ1n) is 7.22. The highest BCUT2D eigenvalue weighted by molar-refractivity contribution is 7.98. The van der Waals surface area contributed by atoms with Crippen molar-refractivity contribution < 1.29 is 4.79 Å². The number of nitrogens with zero attached hydrogens (tertiary/aromatic N) is 1. The molecule has 110 valence electrons. The summed E-state index contributed by atoms with van der Waals surface area (Å²) in [6.07, 6.45) is 3.10. The smallest absolute Gasteiger partial charge is 0.241 e. The van der Waals surface area contributed by atoms with Gasteiger partial charge in [0.15, 0.2) is 0 Å². The minimum absolute atomic E-state index is 0.00944. The summed E-state index contributed by atoms with van der Waals surface area (Å²) < 4.78 is 0. The molecule has 1 saturated heterocycles. The topological polar surface area (TPSA) is 32.3 Å². The van der Waals surface area contributed by atoms with Gasteiger partial charge in [0.1, 0.15) is 6.17 Å². The van der Waals surface area contributed by atoms with Gasteiger partial charge in [-0.2, -0.15) is 11.8 Å². The fourth-order valence-electron chi connectivity index (χ4n) is 2.72. The highest BCUT2D eigenvalue weighted by atomic mass is 32.2. The fraction of sp³-hybridized carbons (Fsp3) is 0.562. The van der Waals surface area contributed by atoms with Gasteiger partial charge >= 0.3 is 0 Å². The van der Waals surface area contributed by atoms with Gasteiger partial charge in [-0.1, -0.05) is 36.8 Å². The van der Waals surface area contributed by atoms with Gasteiger partial charge in [-0.05, 0) is 32.1 Å². The molecule has 0 radical (unpaired) electrons. The Balaban J connectivity index is 2.29. The summed E-state index contributed by atoms with van der Waals surface area (Å²) in [5.41, 5.74) is 2.42. The highest BCUT2D eigenvalue weighted by Gasteiger charge is 2.40. The molecule has 0 spiro atoms. The van der Waals surface area contributed by atoms with Crippen LogP contribution in [0.15, 0.2) is 24.3 Å². The lowest BCUT2D eigenvalue weighted by atomic mass is 10.1. The van der Waals surface area contributed by atoms with Gasteiger partial charge in [-0.3, -0.25) is 10.1 Å². The first kappa shape index (κ1) is 15.4. The zero-order valence-corrected chi connectivity index (χ0v) is 13.5. The van der Waals surface area contributed by atoms with Crippen molar-refractivity contribution in [3.63, 3.8) is 0 Å². The molecule has 1 aromatic rings. The molecule has 2 rings (SSSR count). The Bertz CT molecular complexity index is 460. The van der Waals surface area contributed by atoms with Crippen molar-refractivity contribution >= 4 is 17.7 Å². The maximum Gasteiger partial charge on any atom is 0.241 e. The molecule has 1 aliphatic rings. The predicted molar refractivity (Wildman–Crippen MR) is 85.8 cm³/mol. The molecular formula is C16H24N2OS. The van der Waals surface area contributed by atoms with Gasteiger partial charge in [-0.15, -0.1) is 0 Å². The number of benzene rings is 1. The van der Waals surface area contributed by atoms with E-state index in [0.717, 1.165) is 12.2 Å². The molecular weight excluding hydrogens is 268 g/mol.